The minimum atomic E-state index is 0.307. The van der Waals surface area contributed by atoms with Gasteiger partial charge in [0.25, 0.3) is 5.89 Å². The Labute approximate surface area is 161 Å². The molecule has 2 aromatic carbocycles. The molecule has 0 N–H and O–H groups in total. The van der Waals surface area contributed by atoms with Crippen LogP contribution in [0, 0.1) is 13.8 Å². The summed E-state index contributed by atoms with van der Waals surface area (Å²) < 4.78 is 17.8. The molecular formula is C20H19N5O3. The van der Waals surface area contributed by atoms with Gasteiger partial charge >= 0.3 is 0 Å². The average molecular weight is 377 g/mol. The zero-order valence-electron chi connectivity index (χ0n) is 16.0. The zero-order valence-corrected chi connectivity index (χ0v) is 16.0. The molecule has 2 aromatic heterocycles. The first-order valence-corrected chi connectivity index (χ1v) is 8.66. The Kier molecular flexibility index (Phi) is 4.52. The van der Waals surface area contributed by atoms with E-state index >= 15 is 0 Å². The fourth-order valence-electron chi connectivity index (χ4n) is 2.86. The van der Waals surface area contributed by atoms with Crippen molar-refractivity contribution in [2.75, 3.05) is 14.2 Å². The molecule has 28 heavy (non-hydrogen) atoms. The van der Waals surface area contributed by atoms with Gasteiger partial charge in [-0.05, 0) is 26.0 Å². The van der Waals surface area contributed by atoms with Crippen LogP contribution in [0.25, 0.3) is 28.7 Å². The molecule has 0 saturated heterocycles. The first-order chi connectivity index (χ1) is 13.6. The lowest BCUT2D eigenvalue weighted by Crippen LogP contribution is -2.02. The van der Waals surface area contributed by atoms with E-state index in [9.17, 15) is 0 Å². The predicted octanol–water partition coefficient (Wildman–Crippen LogP) is 3.62. The minimum Gasteiger partial charge on any atom is -0.497 e. The monoisotopic (exact) mass is 377 g/mol. The second-order valence-electron chi connectivity index (χ2n) is 6.26. The number of nitrogens with zero attached hydrogens (tertiary/aromatic N) is 5. The van der Waals surface area contributed by atoms with Gasteiger partial charge in [0.05, 0.1) is 19.9 Å². The van der Waals surface area contributed by atoms with Gasteiger partial charge < -0.3 is 14.0 Å². The Balaban J connectivity index is 1.73. The zero-order chi connectivity index (χ0) is 19.7. The van der Waals surface area contributed by atoms with Gasteiger partial charge in [0, 0.05) is 11.6 Å². The predicted molar refractivity (Wildman–Crippen MR) is 103 cm³/mol. The molecule has 0 saturated carbocycles. The second kappa shape index (κ2) is 7.15. The number of hydrogen-bond acceptors (Lipinski definition) is 7. The normalized spacial score (nSPS) is 10.9. The molecule has 0 fully saturated rings. The highest BCUT2D eigenvalue weighted by molar-refractivity contribution is 5.60. The van der Waals surface area contributed by atoms with Gasteiger partial charge in [-0.25, -0.2) is 4.68 Å². The van der Waals surface area contributed by atoms with Gasteiger partial charge in [-0.3, -0.25) is 0 Å². The van der Waals surface area contributed by atoms with E-state index in [4.69, 9.17) is 14.0 Å². The number of aromatic nitrogens is 5. The van der Waals surface area contributed by atoms with Crippen LogP contribution in [-0.4, -0.2) is 39.4 Å². The highest BCUT2D eigenvalue weighted by atomic mass is 16.5. The van der Waals surface area contributed by atoms with Crippen molar-refractivity contribution in [2.45, 2.75) is 13.8 Å². The summed E-state index contributed by atoms with van der Waals surface area (Å²) in [7, 11) is 3.21. The average Bonchev–Trinajstić information content (AvgIpc) is 3.34. The second-order valence-corrected chi connectivity index (χ2v) is 6.26. The summed E-state index contributed by atoms with van der Waals surface area (Å²) in [5, 5.41) is 12.5. The number of rotatable bonds is 5. The third kappa shape index (κ3) is 3.09. The van der Waals surface area contributed by atoms with E-state index < -0.39 is 0 Å². The van der Waals surface area contributed by atoms with Crippen molar-refractivity contribution in [1.29, 1.82) is 0 Å². The van der Waals surface area contributed by atoms with E-state index in [1.807, 2.05) is 56.3 Å². The fraction of sp³-hybridized carbons (Fsp3) is 0.200. The third-order valence-electron chi connectivity index (χ3n) is 4.45. The van der Waals surface area contributed by atoms with Gasteiger partial charge in [0.1, 0.15) is 17.2 Å². The molecule has 2 heterocycles. The lowest BCUT2D eigenvalue weighted by molar-refractivity contribution is 0.400. The van der Waals surface area contributed by atoms with E-state index in [0.717, 1.165) is 11.3 Å². The van der Waals surface area contributed by atoms with Gasteiger partial charge in [-0.15, -0.1) is 5.10 Å². The number of hydrogen-bond donors (Lipinski definition) is 0. The molecule has 8 nitrogen and oxygen atoms in total. The van der Waals surface area contributed by atoms with Gasteiger partial charge in [-0.2, -0.15) is 4.98 Å². The van der Waals surface area contributed by atoms with Crippen LogP contribution >= 0.6 is 0 Å². The number of aryl methyl sites for hydroxylation is 1. The summed E-state index contributed by atoms with van der Waals surface area (Å²) in [6.07, 6.45) is 0. The first kappa shape index (κ1) is 17.7. The molecule has 0 bridgehead atoms. The topological polar surface area (TPSA) is 88.1 Å². The van der Waals surface area contributed by atoms with E-state index in [2.05, 4.69) is 20.5 Å². The Bertz CT molecular complexity index is 1120. The van der Waals surface area contributed by atoms with Crippen LogP contribution in [0.15, 0.2) is 47.0 Å². The summed E-state index contributed by atoms with van der Waals surface area (Å²) in [5.74, 6) is 2.14. The lowest BCUT2D eigenvalue weighted by atomic mass is 10.1. The summed E-state index contributed by atoms with van der Waals surface area (Å²) in [5.41, 5.74) is 4.00. The molecule has 4 rings (SSSR count). The molecule has 0 aliphatic heterocycles. The van der Waals surface area contributed by atoms with Crippen molar-refractivity contribution in [1.82, 2.24) is 25.1 Å². The molecular weight excluding hydrogens is 358 g/mol. The maximum Gasteiger partial charge on any atom is 0.280 e. The van der Waals surface area contributed by atoms with Crippen molar-refractivity contribution < 1.29 is 14.0 Å². The van der Waals surface area contributed by atoms with Crippen molar-refractivity contribution in [3.05, 3.63) is 53.7 Å². The number of ether oxygens (including phenoxy) is 2. The van der Waals surface area contributed by atoms with E-state index in [-0.39, 0.29) is 0 Å². The molecule has 4 aromatic rings. The first-order valence-electron chi connectivity index (χ1n) is 8.66. The summed E-state index contributed by atoms with van der Waals surface area (Å²) >= 11 is 0. The highest BCUT2D eigenvalue weighted by Gasteiger charge is 2.20. The van der Waals surface area contributed by atoms with E-state index in [1.54, 1.807) is 18.9 Å². The lowest BCUT2D eigenvalue weighted by Gasteiger charge is -2.11. The van der Waals surface area contributed by atoms with Crippen LogP contribution in [0.2, 0.25) is 0 Å². The molecule has 0 spiro atoms. The standard InChI is InChI=1S/C20H19N5O3/c1-12-5-7-14(8-6-12)19-21-20(28-23-19)18-13(2)25(24-22-18)16-11-15(26-3)9-10-17(16)27-4/h5-11H,1-4H3. The van der Waals surface area contributed by atoms with Crippen LogP contribution < -0.4 is 9.47 Å². The Morgan fingerprint density at radius 1 is 0.964 bits per heavy atom. The minimum absolute atomic E-state index is 0.307. The maximum atomic E-state index is 5.45. The number of benzene rings is 2. The summed E-state index contributed by atoms with van der Waals surface area (Å²) in [6, 6.07) is 13.4. The molecule has 0 radical (unpaired) electrons. The Morgan fingerprint density at radius 3 is 2.46 bits per heavy atom. The van der Waals surface area contributed by atoms with Crippen LogP contribution in [0.1, 0.15) is 11.3 Å². The Hall–Kier alpha value is -3.68. The van der Waals surface area contributed by atoms with Gasteiger partial charge in [0.2, 0.25) is 5.82 Å². The van der Waals surface area contributed by atoms with E-state index in [0.29, 0.717) is 34.6 Å². The quantitative estimate of drug-likeness (QED) is 0.525. The molecule has 0 unspecified atom stereocenters. The molecule has 142 valence electrons. The third-order valence-corrected chi connectivity index (χ3v) is 4.45. The SMILES string of the molecule is COc1ccc(OC)c(-n2nnc(-c3nc(-c4ccc(C)cc4)no3)c2C)c1. The molecule has 0 atom stereocenters. The van der Waals surface area contributed by atoms with Crippen molar-refractivity contribution >= 4 is 0 Å². The number of methoxy groups -OCH3 is 2. The largest absolute Gasteiger partial charge is 0.497 e. The van der Waals surface area contributed by atoms with E-state index in [1.165, 1.54) is 5.56 Å². The van der Waals surface area contributed by atoms with Crippen molar-refractivity contribution in [2.24, 2.45) is 0 Å². The molecule has 0 amide bonds. The summed E-state index contributed by atoms with van der Waals surface area (Å²) in [6.45, 7) is 3.91. The van der Waals surface area contributed by atoms with Crippen LogP contribution in [0.3, 0.4) is 0 Å². The maximum absolute atomic E-state index is 5.45. The van der Waals surface area contributed by atoms with Crippen molar-refractivity contribution in [3.63, 3.8) is 0 Å². The van der Waals surface area contributed by atoms with Crippen LogP contribution in [-0.2, 0) is 0 Å². The smallest absolute Gasteiger partial charge is 0.280 e. The Morgan fingerprint density at radius 2 is 1.75 bits per heavy atom. The van der Waals surface area contributed by atoms with Crippen molar-refractivity contribution in [3.8, 4) is 40.2 Å². The fourth-order valence-corrected chi connectivity index (χ4v) is 2.86. The van der Waals surface area contributed by atoms with Crippen LogP contribution in [0.4, 0.5) is 0 Å². The highest BCUT2D eigenvalue weighted by Crippen LogP contribution is 2.30. The van der Waals surface area contributed by atoms with Gasteiger partial charge in [0.15, 0.2) is 5.69 Å². The molecule has 0 aliphatic rings. The summed E-state index contributed by atoms with van der Waals surface area (Å²) in [4.78, 5) is 4.48. The molecule has 8 heteroatoms. The van der Waals surface area contributed by atoms with Gasteiger partial charge in [-0.1, -0.05) is 40.2 Å². The molecule has 0 aliphatic carbocycles. The van der Waals surface area contributed by atoms with Crippen LogP contribution in [0.5, 0.6) is 11.5 Å².